The Labute approximate surface area is 115 Å². The summed E-state index contributed by atoms with van der Waals surface area (Å²) in [6, 6.07) is 5.23. The first-order chi connectivity index (χ1) is 9.35. The quantitative estimate of drug-likeness (QED) is 0.876. The maximum atomic E-state index is 5.41. The van der Waals surface area contributed by atoms with Crippen molar-refractivity contribution in [2.24, 2.45) is 0 Å². The molecule has 1 aliphatic heterocycles. The molecule has 0 amide bonds. The van der Waals surface area contributed by atoms with Gasteiger partial charge in [0.05, 0.1) is 13.2 Å². The number of hydrogen-bond acceptors (Lipinski definition) is 4. The molecule has 0 radical (unpaired) electrons. The molecule has 0 spiro atoms. The van der Waals surface area contributed by atoms with Gasteiger partial charge in [-0.1, -0.05) is 6.92 Å². The van der Waals surface area contributed by atoms with Crippen LogP contribution in [0.2, 0.25) is 0 Å². The molecule has 104 valence electrons. The van der Waals surface area contributed by atoms with Gasteiger partial charge in [0.15, 0.2) is 0 Å². The van der Waals surface area contributed by atoms with Crippen LogP contribution in [0.15, 0.2) is 12.1 Å². The van der Waals surface area contributed by atoms with Crippen molar-refractivity contribution < 1.29 is 4.74 Å². The standard InChI is InChI=1S/C15H23N3O/c1-2-13-9-12(11-16-14-3-4-14)10-15(17-13)18-5-7-19-8-6-18/h9-10,14,16H,2-8,11H2,1H3. The Morgan fingerprint density at radius 2 is 2.11 bits per heavy atom. The first kappa shape index (κ1) is 12.9. The monoisotopic (exact) mass is 261 g/mol. The summed E-state index contributed by atoms with van der Waals surface area (Å²) in [6.45, 7) is 6.67. The molecule has 4 heteroatoms. The normalized spacial score (nSPS) is 19.7. The van der Waals surface area contributed by atoms with Crippen molar-refractivity contribution in [2.45, 2.75) is 38.8 Å². The fourth-order valence-electron chi connectivity index (χ4n) is 2.42. The van der Waals surface area contributed by atoms with Crippen LogP contribution in [0, 0.1) is 0 Å². The van der Waals surface area contributed by atoms with Crippen molar-refractivity contribution in [1.82, 2.24) is 10.3 Å². The number of hydrogen-bond donors (Lipinski definition) is 1. The zero-order chi connectivity index (χ0) is 13.1. The van der Waals surface area contributed by atoms with E-state index in [-0.39, 0.29) is 0 Å². The van der Waals surface area contributed by atoms with Crippen molar-refractivity contribution in [3.63, 3.8) is 0 Å². The minimum absolute atomic E-state index is 0.755. The van der Waals surface area contributed by atoms with Gasteiger partial charge in [0, 0.05) is 31.4 Å². The smallest absolute Gasteiger partial charge is 0.129 e. The molecule has 4 nitrogen and oxygen atoms in total. The van der Waals surface area contributed by atoms with Crippen LogP contribution in [0.25, 0.3) is 0 Å². The Morgan fingerprint density at radius 1 is 1.32 bits per heavy atom. The van der Waals surface area contributed by atoms with Crippen molar-refractivity contribution in [1.29, 1.82) is 0 Å². The SMILES string of the molecule is CCc1cc(CNC2CC2)cc(N2CCOCC2)n1. The molecular formula is C15H23N3O. The number of morpholine rings is 1. The molecule has 0 bridgehead atoms. The summed E-state index contributed by atoms with van der Waals surface area (Å²) in [7, 11) is 0. The molecule has 1 aromatic heterocycles. The maximum absolute atomic E-state index is 5.41. The predicted octanol–water partition coefficient (Wildman–Crippen LogP) is 1.73. The minimum atomic E-state index is 0.755. The van der Waals surface area contributed by atoms with E-state index < -0.39 is 0 Å². The Bertz CT molecular complexity index is 425. The number of anilines is 1. The van der Waals surface area contributed by atoms with E-state index in [9.17, 15) is 0 Å². The number of aromatic nitrogens is 1. The lowest BCUT2D eigenvalue weighted by atomic mass is 10.2. The van der Waals surface area contributed by atoms with E-state index in [2.05, 4.69) is 29.3 Å². The summed E-state index contributed by atoms with van der Waals surface area (Å²) in [5, 5.41) is 3.58. The van der Waals surface area contributed by atoms with Gasteiger partial charge in [0.1, 0.15) is 5.82 Å². The Kier molecular flexibility index (Phi) is 3.99. The largest absolute Gasteiger partial charge is 0.378 e. The number of nitrogens with zero attached hydrogens (tertiary/aromatic N) is 2. The Balaban J connectivity index is 1.74. The van der Waals surface area contributed by atoms with E-state index in [0.717, 1.165) is 51.1 Å². The van der Waals surface area contributed by atoms with Crippen LogP contribution in [0.4, 0.5) is 5.82 Å². The van der Waals surface area contributed by atoms with Crippen LogP contribution in [0.5, 0.6) is 0 Å². The second-order valence-electron chi connectivity index (χ2n) is 5.43. The third-order valence-electron chi connectivity index (χ3n) is 3.79. The van der Waals surface area contributed by atoms with E-state index in [0.29, 0.717) is 0 Å². The Hall–Kier alpha value is -1.13. The van der Waals surface area contributed by atoms with E-state index >= 15 is 0 Å². The summed E-state index contributed by atoms with van der Waals surface area (Å²) in [6.07, 6.45) is 3.67. The highest BCUT2D eigenvalue weighted by atomic mass is 16.5. The highest BCUT2D eigenvalue weighted by molar-refractivity contribution is 5.43. The average Bonchev–Trinajstić information content (AvgIpc) is 3.30. The van der Waals surface area contributed by atoms with Crippen molar-refractivity contribution >= 4 is 5.82 Å². The molecule has 1 saturated heterocycles. The van der Waals surface area contributed by atoms with Gasteiger partial charge in [-0.3, -0.25) is 0 Å². The molecule has 1 aliphatic carbocycles. The third kappa shape index (κ3) is 3.45. The summed E-state index contributed by atoms with van der Waals surface area (Å²) in [5.41, 5.74) is 2.55. The van der Waals surface area contributed by atoms with Gasteiger partial charge < -0.3 is 15.0 Å². The van der Waals surface area contributed by atoms with Crippen LogP contribution >= 0.6 is 0 Å². The summed E-state index contributed by atoms with van der Waals surface area (Å²) in [4.78, 5) is 7.10. The van der Waals surface area contributed by atoms with Crippen molar-refractivity contribution in [2.75, 3.05) is 31.2 Å². The molecule has 0 unspecified atom stereocenters. The van der Waals surface area contributed by atoms with Gasteiger partial charge in [0.2, 0.25) is 0 Å². The Morgan fingerprint density at radius 3 is 2.79 bits per heavy atom. The van der Waals surface area contributed by atoms with Gasteiger partial charge in [-0.15, -0.1) is 0 Å². The highest BCUT2D eigenvalue weighted by Gasteiger charge is 2.20. The molecular weight excluding hydrogens is 238 g/mol. The van der Waals surface area contributed by atoms with Crippen LogP contribution in [-0.2, 0) is 17.7 Å². The highest BCUT2D eigenvalue weighted by Crippen LogP contribution is 2.21. The number of nitrogens with one attached hydrogen (secondary N) is 1. The lowest BCUT2D eigenvalue weighted by Crippen LogP contribution is -2.37. The molecule has 1 aromatic rings. The van der Waals surface area contributed by atoms with Crippen LogP contribution in [0.3, 0.4) is 0 Å². The second kappa shape index (κ2) is 5.88. The fraction of sp³-hybridized carbons (Fsp3) is 0.667. The fourth-order valence-corrected chi connectivity index (χ4v) is 2.42. The number of pyridine rings is 1. The zero-order valence-electron chi connectivity index (χ0n) is 11.7. The molecule has 2 aliphatic rings. The minimum Gasteiger partial charge on any atom is -0.378 e. The van der Waals surface area contributed by atoms with Gasteiger partial charge in [0.25, 0.3) is 0 Å². The molecule has 0 atom stereocenters. The second-order valence-corrected chi connectivity index (χ2v) is 5.43. The zero-order valence-corrected chi connectivity index (χ0v) is 11.7. The summed E-state index contributed by atoms with van der Waals surface area (Å²) >= 11 is 0. The van der Waals surface area contributed by atoms with E-state index in [1.807, 2.05) is 0 Å². The molecule has 19 heavy (non-hydrogen) atoms. The van der Waals surface area contributed by atoms with Gasteiger partial charge in [-0.25, -0.2) is 4.98 Å². The first-order valence-corrected chi connectivity index (χ1v) is 7.41. The maximum Gasteiger partial charge on any atom is 0.129 e. The molecule has 2 fully saturated rings. The number of rotatable bonds is 5. The number of aryl methyl sites for hydroxylation is 1. The number of ether oxygens (including phenoxy) is 1. The lowest BCUT2D eigenvalue weighted by molar-refractivity contribution is 0.122. The topological polar surface area (TPSA) is 37.4 Å². The first-order valence-electron chi connectivity index (χ1n) is 7.41. The van der Waals surface area contributed by atoms with Gasteiger partial charge >= 0.3 is 0 Å². The van der Waals surface area contributed by atoms with Crippen LogP contribution in [0.1, 0.15) is 31.0 Å². The van der Waals surface area contributed by atoms with Crippen LogP contribution < -0.4 is 10.2 Å². The van der Waals surface area contributed by atoms with Gasteiger partial charge in [-0.05, 0) is 37.0 Å². The summed E-state index contributed by atoms with van der Waals surface area (Å²) < 4.78 is 5.41. The van der Waals surface area contributed by atoms with E-state index in [1.165, 1.54) is 24.1 Å². The van der Waals surface area contributed by atoms with E-state index in [4.69, 9.17) is 9.72 Å². The lowest BCUT2D eigenvalue weighted by Gasteiger charge is -2.28. The molecule has 1 N–H and O–H groups in total. The summed E-state index contributed by atoms with van der Waals surface area (Å²) in [5.74, 6) is 1.12. The van der Waals surface area contributed by atoms with Crippen molar-refractivity contribution in [3.8, 4) is 0 Å². The molecule has 1 saturated carbocycles. The average molecular weight is 261 g/mol. The van der Waals surface area contributed by atoms with E-state index in [1.54, 1.807) is 0 Å². The van der Waals surface area contributed by atoms with Crippen molar-refractivity contribution in [3.05, 3.63) is 23.4 Å². The predicted molar refractivity (Wildman–Crippen MR) is 76.5 cm³/mol. The molecule has 2 heterocycles. The molecule has 0 aromatic carbocycles. The third-order valence-corrected chi connectivity index (χ3v) is 3.79. The molecule has 3 rings (SSSR count). The van der Waals surface area contributed by atoms with Gasteiger partial charge in [-0.2, -0.15) is 0 Å². The van der Waals surface area contributed by atoms with Crippen LogP contribution in [-0.4, -0.2) is 37.3 Å².